The monoisotopic (exact) mass is 326 g/mol. The summed E-state index contributed by atoms with van der Waals surface area (Å²) in [6.07, 6.45) is 4.72. The molecule has 3 N–H and O–H groups in total. The first-order valence-electron chi connectivity index (χ1n) is 6.55. The highest BCUT2D eigenvalue weighted by Crippen LogP contribution is 2.32. The topological polar surface area (TPSA) is 72.9 Å². The van der Waals surface area contributed by atoms with E-state index in [9.17, 15) is 4.79 Å². The molecule has 2 rings (SSSR count). The zero-order valence-electron chi connectivity index (χ0n) is 11.6. The Labute approximate surface area is 133 Å². The van der Waals surface area contributed by atoms with Gasteiger partial charge in [0.1, 0.15) is 5.82 Å². The number of carbonyl (C=O) groups is 1. The third kappa shape index (κ3) is 3.89. The van der Waals surface area contributed by atoms with Gasteiger partial charge in [-0.3, -0.25) is 4.79 Å². The van der Waals surface area contributed by atoms with Gasteiger partial charge in [-0.25, -0.2) is 4.98 Å². The van der Waals surface area contributed by atoms with Gasteiger partial charge >= 0.3 is 0 Å². The van der Waals surface area contributed by atoms with E-state index in [1.165, 1.54) is 0 Å². The third-order valence-corrected chi connectivity index (χ3v) is 3.56. The normalized spacial score (nSPS) is 10.6. The molecule has 0 fully saturated rings. The maximum atomic E-state index is 12.0. The highest BCUT2D eigenvalue weighted by atomic mass is 35.5. The zero-order valence-corrected chi connectivity index (χ0v) is 13.1. The van der Waals surface area contributed by atoms with Gasteiger partial charge in [0.2, 0.25) is 5.91 Å². The van der Waals surface area contributed by atoms with Crippen molar-refractivity contribution in [3.8, 4) is 0 Å². The molecule has 0 aliphatic rings. The van der Waals surface area contributed by atoms with Gasteiger partial charge in [-0.2, -0.15) is 0 Å². The number of rotatable bonds is 5. The van der Waals surface area contributed by atoms with E-state index in [1.54, 1.807) is 18.3 Å². The van der Waals surface area contributed by atoms with Crippen LogP contribution in [-0.2, 0) is 17.8 Å². The Hall–Kier alpha value is -1.72. The van der Waals surface area contributed by atoms with Crippen molar-refractivity contribution in [1.29, 1.82) is 0 Å². The second-order valence-corrected chi connectivity index (χ2v) is 5.38. The summed E-state index contributed by atoms with van der Waals surface area (Å²) in [6.45, 7) is 2.58. The summed E-state index contributed by atoms with van der Waals surface area (Å²) in [5, 5.41) is 3.47. The van der Waals surface area contributed by atoms with Crippen molar-refractivity contribution >= 4 is 40.5 Å². The first-order valence-corrected chi connectivity index (χ1v) is 7.31. The number of nitrogen functional groups attached to an aromatic ring is 1. The average Bonchev–Trinajstić information content (AvgIpc) is 2.88. The number of imidazole rings is 1. The highest BCUT2D eigenvalue weighted by molar-refractivity contribution is 6.37. The van der Waals surface area contributed by atoms with Gasteiger partial charge in [0.25, 0.3) is 0 Å². The fraction of sp³-hybridized carbons (Fsp3) is 0.286. The van der Waals surface area contributed by atoms with Gasteiger partial charge in [0.15, 0.2) is 0 Å². The molecule has 2 aromatic rings. The van der Waals surface area contributed by atoms with Crippen molar-refractivity contribution in [3.05, 3.63) is 40.4 Å². The van der Waals surface area contributed by atoms with Gasteiger partial charge in [-0.05, 0) is 12.1 Å². The lowest BCUT2D eigenvalue weighted by atomic mass is 10.2. The van der Waals surface area contributed by atoms with Crippen molar-refractivity contribution < 1.29 is 4.79 Å². The predicted molar refractivity (Wildman–Crippen MR) is 85.7 cm³/mol. The molecular weight excluding hydrogens is 311 g/mol. The van der Waals surface area contributed by atoms with Gasteiger partial charge in [-0.1, -0.05) is 30.1 Å². The summed E-state index contributed by atoms with van der Waals surface area (Å²) in [5.41, 5.74) is 6.55. The third-order valence-electron chi connectivity index (χ3n) is 3.05. The van der Waals surface area contributed by atoms with Crippen LogP contribution in [0.4, 0.5) is 11.4 Å². The Morgan fingerprint density at radius 1 is 1.43 bits per heavy atom. The summed E-state index contributed by atoms with van der Waals surface area (Å²) in [7, 11) is 0. The van der Waals surface area contributed by atoms with Crippen molar-refractivity contribution in [1.82, 2.24) is 9.55 Å². The number of nitrogens with two attached hydrogens (primary N) is 1. The number of halogens is 2. The average molecular weight is 327 g/mol. The van der Waals surface area contributed by atoms with Crippen LogP contribution in [-0.4, -0.2) is 15.5 Å². The van der Waals surface area contributed by atoms with Gasteiger partial charge in [-0.15, -0.1) is 0 Å². The van der Waals surface area contributed by atoms with E-state index in [1.807, 2.05) is 17.7 Å². The molecule has 0 bridgehead atoms. The molecule has 21 heavy (non-hydrogen) atoms. The zero-order chi connectivity index (χ0) is 15.4. The molecule has 5 nitrogen and oxygen atoms in total. The number of hydrogen-bond acceptors (Lipinski definition) is 3. The van der Waals surface area contributed by atoms with Crippen LogP contribution >= 0.6 is 23.2 Å². The lowest BCUT2D eigenvalue weighted by Gasteiger charge is -2.11. The second-order valence-electron chi connectivity index (χ2n) is 4.54. The molecule has 0 spiro atoms. The second kappa shape index (κ2) is 6.83. The van der Waals surface area contributed by atoms with E-state index in [2.05, 4.69) is 10.3 Å². The van der Waals surface area contributed by atoms with Crippen LogP contribution < -0.4 is 11.1 Å². The maximum Gasteiger partial charge on any atom is 0.226 e. The van der Waals surface area contributed by atoms with Gasteiger partial charge < -0.3 is 15.6 Å². The molecule has 0 saturated heterocycles. The Morgan fingerprint density at radius 2 is 2.19 bits per heavy atom. The predicted octanol–water partition coefficient (Wildman–Crippen LogP) is 3.36. The quantitative estimate of drug-likeness (QED) is 0.827. The van der Waals surface area contributed by atoms with Crippen molar-refractivity contribution in [2.75, 3.05) is 11.1 Å². The van der Waals surface area contributed by atoms with Crippen LogP contribution in [0.1, 0.15) is 19.2 Å². The SMILES string of the molecule is CCc1nccn1CCC(=O)Nc1c(N)cc(Cl)cc1Cl. The van der Waals surface area contributed by atoms with Crippen LogP contribution in [0.3, 0.4) is 0 Å². The molecule has 0 radical (unpaired) electrons. The molecule has 1 aromatic heterocycles. The molecule has 0 aliphatic heterocycles. The molecule has 1 heterocycles. The Balaban J connectivity index is 1.99. The highest BCUT2D eigenvalue weighted by Gasteiger charge is 2.11. The van der Waals surface area contributed by atoms with E-state index in [0.29, 0.717) is 34.4 Å². The van der Waals surface area contributed by atoms with E-state index in [-0.39, 0.29) is 5.91 Å². The lowest BCUT2D eigenvalue weighted by Crippen LogP contribution is -2.16. The number of hydrogen-bond donors (Lipinski definition) is 2. The first kappa shape index (κ1) is 15.7. The smallest absolute Gasteiger partial charge is 0.226 e. The van der Waals surface area contributed by atoms with Crippen LogP contribution in [0.15, 0.2) is 24.5 Å². The van der Waals surface area contributed by atoms with Crippen LogP contribution in [0, 0.1) is 0 Å². The Bertz CT molecular complexity index is 631. The molecule has 0 atom stereocenters. The summed E-state index contributed by atoms with van der Waals surface area (Å²) in [5.74, 6) is 0.786. The van der Waals surface area contributed by atoms with Crippen molar-refractivity contribution in [2.24, 2.45) is 0 Å². The molecule has 1 amide bonds. The number of benzene rings is 1. The van der Waals surface area contributed by atoms with Crippen LogP contribution in [0.5, 0.6) is 0 Å². The van der Waals surface area contributed by atoms with Crippen LogP contribution in [0.25, 0.3) is 0 Å². The molecule has 7 heteroatoms. The molecular formula is C14H16Cl2N4O. The first-order chi connectivity index (χ1) is 10.0. The Morgan fingerprint density at radius 3 is 2.86 bits per heavy atom. The number of carbonyl (C=O) groups excluding carboxylic acids is 1. The number of nitrogens with one attached hydrogen (secondary N) is 1. The molecule has 1 aromatic carbocycles. The fourth-order valence-electron chi connectivity index (χ4n) is 2.01. The number of anilines is 2. The summed E-state index contributed by atoms with van der Waals surface area (Å²) >= 11 is 11.9. The minimum atomic E-state index is -0.165. The number of amides is 1. The van der Waals surface area contributed by atoms with Gasteiger partial charge in [0, 0.05) is 36.8 Å². The van der Waals surface area contributed by atoms with Crippen molar-refractivity contribution in [3.63, 3.8) is 0 Å². The molecule has 112 valence electrons. The van der Waals surface area contributed by atoms with E-state index in [0.717, 1.165) is 12.2 Å². The summed E-state index contributed by atoms with van der Waals surface area (Å²) in [6, 6.07) is 3.09. The molecule has 0 aliphatic carbocycles. The minimum absolute atomic E-state index is 0.165. The number of aromatic nitrogens is 2. The minimum Gasteiger partial charge on any atom is -0.397 e. The van der Waals surface area contributed by atoms with E-state index >= 15 is 0 Å². The standard InChI is InChI=1S/C14H16Cl2N4O/c1-2-12-18-4-6-20(12)5-3-13(21)19-14-10(16)7-9(15)8-11(14)17/h4,6-8H,2-3,5,17H2,1H3,(H,19,21). The largest absolute Gasteiger partial charge is 0.397 e. The summed E-state index contributed by atoms with van der Waals surface area (Å²) < 4.78 is 1.95. The summed E-state index contributed by atoms with van der Waals surface area (Å²) in [4.78, 5) is 16.2. The number of aryl methyl sites for hydroxylation is 2. The molecule has 0 saturated carbocycles. The fourth-order valence-corrected chi connectivity index (χ4v) is 2.56. The van der Waals surface area contributed by atoms with Crippen molar-refractivity contribution in [2.45, 2.75) is 26.3 Å². The van der Waals surface area contributed by atoms with E-state index in [4.69, 9.17) is 28.9 Å². The number of nitrogens with zero attached hydrogens (tertiary/aromatic N) is 2. The molecule has 0 unspecified atom stereocenters. The lowest BCUT2D eigenvalue weighted by molar-refractivity contribution is -0.116. The maximum absolute atomic E-state index is 12.0. The van der Waals surface area contributed by atoms with E-state index < -0.39 is 0 Å². The Kier molecular flexibility index (Phi) is 5.09. The van der Waals surface area contributed by atoms with Gasteiger partial charge in [0.05, 0.1) is 16.4 Å². The van der Waals surface area contributed by atoms with Crippen LogP contribution in [0.2, 0.25) is 10.0 Å².